The summed E-state index contributed by atoms with van der Waals surface area (Å²) in [7, 11) is 1.43. The number of carbonyl (C=O) groups is 1. The Hall–Kier alpha value is -1.44. The maximum atomic E-state index is 11.0. The highest BCUT2D eigenvalue weighted by Crippen LogP contribution is 2.24. The Labute approximate surface area is 91.6 Å². The van der Waals surface area contributed by atoms with Crippen LogP contribution in [-0.4, -0.2) is 48.9 Å². The van der Waals surface area contributed by atoms with Crippen LogP contribution in [-0.2, 0) is 7.05 Å². The third-order valence-corrected chi connectivity index (χ3v) is 2.32. The number of aromatic nitrogens is 2. The van der Waals surface area contributed by atoms with Crippen molar-refractivity contribution in [3.8, 4) is 0 Å². The van der Waals surface area contributed by atoms with Gasteiger partial charge in [0, 0.05) is 12.6 Å². The molecule has 4 N–H and O–H groups in total. The molecule has 1 aromatic heterocycles. The Balaban J connectivity index is 3.26. The van der Waals surface area contributed by atoms with E-state index in [-0.39, 0.29) is 11.3 Å². The number of aromatic carboxylic acids is 1. The van der Waals surface area contributed by atoms with E-state index in [1.165, 1.54) is 14.0 Å². The largest absolute Gasteiger partial charge is 0.477 e. The first-order valence-electron chi connectivity index (χ1n) is 4.64. The van der Waals surface area contributed by atoms with Crippen LogP contribution in [0.5, 0.6) is 0 Å². The van der Waals surface area contributed by atoms with Crippen LogP contribution < -0.4 is 0 Å². The second kappa shape index (κ2) is 4.60. The van der Waals surface area contributed by atoms with Crippen LogP contribution in [0.25, 0.3) is 0 Å². The molecule has 0 saturated carbocycles. The van der Waals surface area contributed by atoms with E-state index in [1.54, 1.807) is 0 Å². The van der Waals surface area contributed by atoms with Crippen molar-refractivity contribution in [3.05, 3.63) is 17.0 Å². The Morgan fingerprint density at radius 1 is 1.50 bits per heavy atom. The second-order valence-electron chi connectivity index (χ2n) is 3.47. The first kappa shape index (κ1) is 12.6. The molecule has 0 fully saturated rings. The predicted molar refractivity (Wildman–Crippen MR) is 53.0 cm³/mol. The fraction of sp³-hybridized carbons (Fsp3) is 0.556. The smallest absolute Gasteiger partial charge is 0.354 e. The normalized spacial score (nSPS) is 14.8. The van der Waals surface area contributed by atoms with Gasteiger partial charge < -0.3 is 20.4 Å². The summed E-state index contributed by atoms with van der Waals surface area (Å²) in [6.45, 7) is 0.865. The van der Waals surface area contributed by atoms with Crippen molar-refractivity contribution in [1.82, 2.24) is 9.78 Å². The lowest BCUT2D eigenvalue weighted by Gasteiger charge is -2.15. The first-order chi connectivity index (χ1) is 7.40. The molecule has 0 radical (unpaired) electrons. The maximum Gasteiger partial charge on any atom is 0.354 e. The molecule has 2 unspecified atom stereocenters. The molecule has 1 heterocycles. The summed E-state index contributed by atoms with van der Waals surface area (Å²) in [5, 5.41) is 40.5. The summed E-state index contributed by atoms with van der Waals surface area (Å²) in [6.07, 6.45) is -2.90. The standard InChI is InChI=1S/C9H14N2O5/c1-4-6(8(14)5(13)3-12)7(9(15)16)11(2)10-4/h5,8,12-14H,3H2,1-2H3,(H,15,16). The predicted octanol–water partition coefficient (Wildman–Crippen LogP) is -1.19. The molecule has 7 heteroatoms. The summed E-state index contributed by atoms with van der Waals surface area (Å²) < 4.78 is 1.11. The zero-order chi connectivity index (χ0) is 12.5. The maximum absolute atomic E-state index is 11.0. The van der Waals surface area contributed by atoms with E-state index >= 15 is 0 Å². The van der Waals surface area contributed by atoms with Crippen LogP contribution in [0, 0.1) is 6.92 Å². The van der Waals surface area contributed by atoms with Gasteiger partial charge in [-0.05, 0) is 6.92 Å². The molecule has 1 rings (SSSR count). The third kappa shape index (κ3) is 2.06. The van der Waals surface area contributed by atoms with E-state index in [2.05, 4.69) is 5.10 Å². The number of hydrogen-bond acceptors (Lipinski definition) is 5. The van der Waals surface area contributed by atoms with Gasteiger partial charge in [-0.15, -0.1) is 0 Å². The van der Waals surface area contributed by atoms with Gasteiger partial charge in [-0.3, -0.25) is 4.68 Å². The highest BCUT2D eigenvalue weighted by atomic mass is 16.4. The first-order valence-corrected chi connectivity index (χ1v) is 4.64. The van der Waals surface area contributed by atoms with Crippen LogP contribution in [0.2, 0.25) is 0 Å². The molecule has 1 aromatic rings. The van der Waals surface area contributed by atoms with Crippen LogP contribution in [0.15, 0.2) is 0 Å². The number of aliphatic hydroxyl groups is 3. The average molecular weight is 230 g/mol. The molecular weight excluding hydrogens is 216 g/mol. The molecule has 16 heavy (non-hydrogen) atoms. The van der Waals surface area contributed by atoms with E-state index in [9.17, 15) is 15.0 Å². The number of aryl methyl sites for hydroxylation is 2. The van der Waals surface area contributed by atoms with Crippen molar-refractivity contribution in [2.75, 3.05) is 6.61 Å². The molecule has 0 amide bonds. The third-order valence-electron chi connectivity index (χ3n) is 2.32. The Bertz CT molecular complexity index is 401. The zero-order valence-corrected chi connectivity index (χ0v) is 8.95. The van der Waals surface area contributed by atoms with Crippen molar-refractivity contribution < 1.29 is 25.2 Å². The average Bonchev–Trinajstić information content (AvgIpc) is 2.51. The number of hydrogen-bond donors (Lipinski definition) is 4. The number of aliphatic hydroxyl groups excluding tert-OH is 3. The van der Waals surface area contributed by atoms with Crippen molar-refractivity contribution >= 4 is 5.97 Å². The summed E-state index contributed by atoms with van der Waals surface area (Å²) in [5.41, 5.74) is 0.133. The summed E-state index contributed by atoms with van der Waals surface area (Å²) in [4.78, 5) is 11.0. The minimum absolute atomic E-state index is 0.0246. The molecule has 0 aromatic carbocycles. The highest BCUT2D eigenvalue weighted by Gasteiger charge is 2.29. The van der Waals surface area contributed by atoms with Gasteiger partial charge >= 0.3 is 5.97 Å². The SMILES string of the molecule is Cc1nn(C)c(C(=O)O)c1C(O)C(O)CO. The molecule has 0 spiro atoms. The molecule has 90 valence electrons. The minimum atomic E-state index is -1.47. The number of nitrogens with zero attached hydrogens (tertiary/aromatic N) is 2. The van der Waals surface area contributed by atoms with E-state index in [4.69, 9.17) is 10.2 Å². The van der Waals surface area contributed by atoms with Gasteiger partial charge in [-0.25, -0.2) is 4.79 Å². The lowest BCUT2D eigenvalue weighted by Crippen LogP contribution is -2.24. The fourth-order valence-electron chi connectivity index (χ4n) is 1.57. The Kier molecular flexibility index (Phi) is 3.63. The summed E-state index contributed by atoms with van der Waals surface area (Å²) in [5.74, 6) is -1.25. The van der Waals surface area contributed by atoms with Gasteiger partial charge in [-0.2, -0.15) is 5.10 Å². The van der Waals surface area contributed by atoms with Gasteiger partial charge in [0.15, 0.2) is 5.69 Å². The van der Waals surface area contributed by atoms with Crippen molar-refractivity contribution in [2.24, 2.45) is 7.05 Å². The zero-order valence-electron chi connectivity index (χ0n) is 8.95. The van der Waals surface area contributed by atoms with Gasteiger partial charge in [0.1, 0.15) is 12.2 Å². The highest BCUT2D eigenvalue weighted by molar-refractivity contribution is 5.88. The van der Waals surface area contributed by atoms with Gasteiger partial charge in [0.05, 0.1) is 12.3 Å². The molecule has 0 aliphatic heterocycles. The van der Waals surface area contributed by atoms with Crippen molar-refractivity contribution in [1.29, 1.82) is 0 Å². The van der Waals surface area contributed by atoms with Gasteiger partial charge in [0.2, 0.25) is 0 Å². The second-order valence-corrected chi connectivity index (χ2v) is 3.47. The molecule has 7 nitrogen and oxygen atoms in total. The number of rotatable bonds is 4. The minimum Gasteiger partial charge on any atom is -0.477 e. The van der Waals surface area contributed by atoms with Crippen LogP contribution in [0.3, 0.4) is 0 Å². The fourth-order valence-corrected chi connectivity index (χ4v) is 1.57. The van der Waals surface area contributed by atoms with Gasteiger partial charge in [-0.1, -0.05) is 0 Å². The van der Waals surface area contributed by atoms with E-state index in [0.717, 1.165) is 4.68 Å². The van der Waals surface area contributed by atoms with Gasteiger partial charge in [0.25, 0.3) is 0 Å². The van der Waals surface area contributed by atoms with E-state index in [1.807, 2.05) is 0 Å². The molecule has 0 saturated heterocycles. The summed E-state index contributed by atoms with van der Waals surface area (Å²) in [6, 6.07) is 0. The molecule has 0 aliphatic carbocycles. The van der Waals surface area contributed by atoms with Crippen LogP contribution >= 0.6 is 0 Å². The van der Waals surface area contributed by atoms with Crippen LogP contribution in [0.1, 0.15) is 27.8 Å². The van der Waals surface area contributed by atoms with Crippen molar-refractivity contribution in [2.45, 2.75) is 19.1 Å². The van der Waals surface area contributed by atoms with E-state index < -0.39 is 24.8 Å². The number of carboxylic acid groups (broad SMARTS) is 1. The van der Waals surface area contributed by atoms with E-state index in [0.29, 0.717) is 5.69 Å². The topological polar surface area (TPSA) is 116 Å². The lowest BCUT2D eigenvalue weighted by atomic mass is 10.0. The summed E-state index contributed by atoms with van der Waals surface area (Å²) >= 11 is 0. The molecule has 2 atom stereocenters. The molecular formula is C9H14N2O5. The number of carboxylic acids is 1. The molecule has 0 aliphatic rings. The Morgan fingerprint density at radius 2 is 2.06 bits per heavy atom. The van der Waals surface area contributed by atoms with Crippen LogP contribution in [0.4, 0.5) is 0 Å². The Morgan fingerprint density at radius 3 is 2.50 bits per heavy atom. The quantitative estimate of drug-likeness (QED) is 0.517. The lowest BCUT2D eigenvalue weighted by molar-refractivity contribution is -0.0161. The monoisotopic (exact) mass is 230 g/mol. The molecule has 0 bridgehead atoms. The van der Waals surface area contributed by atoms with Crippen molar-refractivity contribution in [3.63, 3.8) is 0 Å².